The molecule has 14 heavy (non-hydrogen) atoms. The van der Waals surface area contributed by atoms with E-state index in [1.807, 2.05) is 0 Å². The summed E-state index contributed by atoms with van der Waals surface area (Å²) in [7, 11) is 1.42. The Kier molecular flexibility index (Phi) is 4.17. The van der Waals surface area contributed by atoms with E-state index in [4.69, 9.17) is 22.1 Å². The molecule has 0 bridgehead atoms. The maximum atomic E-state index is 13.6. The minimum atomic E-state index is -0.342. The highest BCUT2D eigenvalue weighted by Gasteiger charge is 2.09. The number of hydrogen-bond donors (Lipinski definition) is 1. The van der Waals surface area contributed by atoms with Crippen molar-refractivity contribution in [3.05, 3.63) is 28.5 Å². The molecule has 0 amide bonds. The molecule has 78 valence electrons. The highest BCUT2D eigenvalue weighted by atomic mass is 35.5. The Morgan fingerprint density at radius 1 is 1.50 bits per heavy atom. The first-order chi connectivity index (χ1) is 6.69. The molecule has 0 fully saturated rings. The van der Waals surface area contributed by atoms with Crippen LogP contribution in [0.3, 0.4) is 0 Å². The Morgan fingerprint density at radius 2 is 2.21 bits per heavy atom. The molecule has 2 nitrogen and oxygen atoms in total. The van der Waals surface area contributed by atoms with Gasteiger partial charge in [0.15, 0.2) is 11.6 Å². The largest absolute Gasteiger partial charge is 0.494 e. The summed E-state index contributed by atoms with van der Waals surface area (Å²) in [6.07, 6.45) is 1.32. The van der Waals surface area contributed by atoms with Gasteiger partial charge in [-0.3, -0.25) is 0 Å². The standard InChI is InChI=1S/C10H13ClFNO/c1-14-9-6-8(11)5-7(10(9)12)3-2-4-13/h5-6H,2-4,13H2,1H3. The third-order valence-electron chi connectivity index (χ3n) is 1.95. The molecule has 0 aliphatic heterocycles. The topological polar surface area (TPSA) is 35.2 Å². The van der Waals surface area contributed by atoms with Crippen LogP contribution in [0.4, 0.5) is 4.39 Å². The van der Waals surface area contributed by atoms with Gasteiger partial charge in [-0.2, -0.15) is 0 Å². The van der Waals surface area contributed by atoms with Crippen LogP contribution in [-0.4, -0.2) is 13.7 Å². The highest BCUT2D eigenvalue weighted by molar-refractivity contribution is 6.30. The van der Waals surface area contributed by atoms with Crippen molar-refractivity contribution < 1.29 is 9.13 Å². The fourth-order valence-corrected chi connectivity index (χ4v) is 1.47. The summed E-state index contributed by atoms with van der Waals surface area (Å²) in [6, 6.07) is 3.07. The van der Waals surface area contributed by atoms with Crippen LogP contribution in [0.1, 0.15) is 12.0 Å². The van der Waals surface area contributed by atoms with Gasteiger partial charge in [-0.15, -0.1) is 0 Å². The van der Waals surface area contributed by atoms with Crippen molar-refractivity contribution in [3.8, 4) is 5.75 Å². The van der Waals surface area contributed by atoms with Crippen molar-refractivity contribution in [1.29, 1.82) is 0 Å². The van der Waals surface area contributed by atoms with Crippen molar-refractivity contribution >= 4 is 11.6 Å². The minimum Gasteiger partial charge on any atom is -0.494 e. The van der Waals surface area contributed by atoms with Gasteiger partial charge in [-0.25, -0.2) is 4.39 Å². The van der Waals surface area contributed by atoms with Crippen LogP contribution in [0, 0.1) is 5.82 Å². The van der Waals surface area contributed by atoms with E-state index in [1.165, 1.54) is 13.2 Å². The Labute approximate surface area is 87.8 Å². The molecule has 0 atom stereocenters. The van der Waals surface area contributed by atoms with Crippen molar-refractivity contribution in [2.75, 3.05) is 13.7 Å². The fourth-order valence-electron chi connectivity index (χ4n) is 1.24. The van der Waals surface area contributed by atoms with E-state index in [9.17, 15) is 4.39 Å². The summed E-state index contributed by atoms with van der Waals surface area (Å²) in [5.41, 5.74) is 5.90. The third-order valence-corrected chi connectivity index (χ3v) is 2.17. The second-order valence-corrected chi connectivity index (χ2v) is 3.41. The number of ether oxygens (including phenoxy) is 1. The van der Waals surface area contributed by atoms with Crippen molar-refractivity contribution in [2.24, 2.45) is 5.73 Å². The third kappa shape index (κ3) is 2.59. The predicted molar refractivity (Wildman–Crippen MR) is 55.3 cm³/mol. The van der Waals surface area contributed by atoms with Gasteiger partial charge in [0, 0.05) is 11.1 Å². The smallest absolute Gasteiger partial charge is 0.168 e. The van der Waals surface area contributed by atoms with E-state index in [0.717, 1.165) is 6.42 Å². The van der Waals surface area contributed by atoms with Gasteiger partial charge in [0.1, 0.15) is 0 Å². The molecule has 0 radical (unpaired) electrons. The van der Waals surface area contributed by atoms with Crippen LogP contribution < -0.4 is 10.5 Å². The summed E-state index contributed by atoms with van der Waals surface area (Å²) in [6.45, 7) is 0.536. The molecule has 0 aliphatic rings. The Morgan fingerprint density at radius 3 is 2.79 bits per heavy atom. The first kappa shape index (κ1) is 11.3. The Hall–Kier alpha value is -0.800. The van der Waals surface area contributed by atoms with Gasteiger partial charge in [0.2, 0.25) is 0 Å². The molecular weight excluding hydrogens is 205 g/mol. The number of halogens is 2. The van der Waals surface area contributed by atoms with Crippen LogP contribution in [-0.2, 0) is 6.42 Å². The Balaban J connectivity index is 2.96. The molecular formula is C10H13ClFNO. The summed E-state index contributed by atoms with van der Waals surface area (Å²) in [4.78, 5) is 0. The van der Waals surface area contributed by atoms with E-state index in [1.54, 1.807) is 6.07 Å². The van der Waals surface area contributed by atoms with Crippen molar-refractivity contribution in [1.82, 2.24) is 0 Å². The molecule has 4 heteroatoms. The fraction of sp³-hybridized carbons (Fsp3) is 0.400. The van der Waals surface area contributed by atoms with Crippen LogP contribution in [0.15, 0.2) is 12.1 Å². The summed E-state index contributed by atoms with van der Waals surface area (Å²) >= 11 is 5.80. The zero-order chi connectivity index (χ0) is 10.6. The number of nitrogens with two attached hydrogens (primary N) is 1. The van der Waals surface area contributed by atoms with Gasteiger partial charge in [0.05, 0.1) is 7.11 Å². The number of rotatable bonds is 4. The SMILES string of the molecule is COc1cc(Cl)cc(CCCN)c1F. The van der Waals surface area contributed by atoms with Gasteiger partial charge < -0.3 is 10.5 Å². The molecule has 0 unspecified atom stereocenters. The van der Waals surface area contributed by atoms with Crippen LogP contribution in [0.2, 0.25) is 5.02 Å². The lowest BCUT2D eigenvalue weighted by Crippen LogP contribution is -2.02. The molecule has 0 saturated heterocycles. The van der Waals surface area contributed by atoms with Gasteiger partial charge in [-0.1, -0.05) is 11.6 Å². The average molecular weight is 218 g/mol. The lowest BCUT2D eigenvalue weighted by atomic mass is 10.1. The van der Waals surface area contributed by atoms with Gasteiger partial charge in [0.25, 0.3) is 0 Å². The number of aryl methyl sites for hydroxylation is 1. The molecule has 0 aliphatic carbocycles. The van der Waals surface area contributed by atoms with E-state index in [-0.39, 0.29) is 11.6 Å². The second kappa shape index (κ2) is 5.17. The zero-order valence-corrected chi connectivity index (χ0v) is 8.77. The second-order valence-electron chi connectivity index (χ2n) is 2.97. The first-order valence-electron chi connectivity index (χ1n) is 4.41. The minimum absolute atomic E-state index is 0.185. The zero-order valence-electron chi connectivity index (χ0n) is 8.02. The van der Waals surface area contributed by atoms with Crippen LogP contribution >= 0.6 is 11.6 Å². The molecule has 0 spiro atoms. The van der Waals surface area contributed by atoms with Gasteiger partial charge >= 0.3 is 0 Å². The van der Waals surface area contributed by atoms with Crippen molar-refractivity contribution in [2.45, 2.75) is 12.8 Å². The van der Waals surface area contributed by atoms with Gasteiger partial charge in [-0.05, 0) is 31.0 Å². The molecule has 1 aromatic carbocycles. The quantitative estimate of drug-likeness (QED) is 0.841. The lowest BCUT2D eigenvalue weighted by Gasteiger charge is -2.07. The maximum absolute atomic E-state index is 13.6. The predicted octanol–water partition coefficient (Wildman–Crippen LogP) is 2.38. The normalized spacial score (nSPS) is 10.3. The van der Waals surface area contributed by atoms with Crippen LogP contribution in [0.5, 0.6) is 5.75 Å². The molecule has 0 heterocycles. The molecule has 1 aromatic rings. The molecule has 0 saturated carbocycles. The molecule has 2 N–H and O–H groups in total. The summed E-state index contributed by atoms with van der Waals surface area (Å²) < 4.78 is 18.4. The molecule has 0 aromatic heterocycles. The van der Waals surface area contributed by atoms with Crippen molar-refractivity contribution in [3.63, 3.8) is 0 Å². The Bertz CT molecular complexity index is 317. The molecule has 1 rings (SSSR count). The van der Waals surface area contributed by atoms with E-state index >= 15 is 0 Å². The summed E-state index contributed by atoms with van der Waals surface area (Å²) in [5.74, 6) is -0.158. The maximum Gasteiger partial charge on any atom is 0.168 e. The van der Waals surface area contributed by atoms with Crippen LogP contribution in [0.25, 0.3) is 0 Å². The number of benzene rings is 1. The first-order valence-corrected chi connectivity index (χ1v) is 4.78. The monoisotopic (exact) mass is 217 g/mol. The van der Waals surface area contributed by atoms with E-state index in [0.29, 0.717) is 23.6 Å². The average Bonchev–Trinajstić information content (AvgIpc) is 2.18. The van der Waals surface area contributed by atoms with E-state index < -0.39 is 0 Å². The lowest BCUT2D eigenvalue weighted by molar-refractivity contribution is 0.384. The highest BCUT2D eigenvalue weighted by Crippen LogP contribution is 2.26. The van der Waals surface area contributed by atoms with E-state index in [2.05, 4.69) is 0 Å². The number of methoxy groups -OCH3 is 1. The summed E-state index contributed by atoms with van der Waals surface area (Å²) in [5, 5.41) is 0.482. The number of hydrogen-bond acceptors (Lipinski definition) is 2.